The van der Waals surface area contributed by atoms with Gasteiger partial charge in [-0.15, -0.1) is 11.8 Å². The first kappa shape index (κ1) is 13.0. The molecule has 1 heterocycles. The van der Waals surface area contributed by atoms with E-state index in [9.17, 15) is 14.4 Å². The van der Waals surface area contributed by atoms with Gasteiger partial charge in [0.1, 0.15) is 6.04 Å². The molecule has 2 atom stereocenters. The number of nitrogens with zero attached hydrogens (tertiary/aromatic N) is 1. The van der Waals surface area contributed by atoms with Crippen LogP contribution in [0.15, 0.2) is 0 Å². The predicted molar refractivity (Wildman–Crippen MR) is 58.9 cm³/mol. The lowest BCUT2D eigenvalue weighted by Crippen LogP contribution is -2.34. The average Bonchev–Trinajstić information content (AvgIpc) is 2.50. The van der Waals surface area contributed by atoms with Gasteiger partial charge in [0.2, 0.25) is 11.8 Å². The van der Waals surface area contributed by atoms with Crippen molar-refractivity contribution in [3.8, 4) is 0 Å². The normalized spacial score (nSPS) is 22.6. The van der Waals surface area contributed by atoms with E-state index in [1.807, 2.05) is 0 Å². The third-order valence-corrected chi connectivity index (χ3v) is 3.64. The van der Waals surface area contributed by atoms with Crippen molar-refractivity contribution in [2.24, 2.45) is 5.73 Å². The van der Waals surface area contributed by atoms with E-state index in [0.29, 0.717) is 6.54 Å². The van der Waals surface area contributed by atoms with Crippen LogP contribution in [0.5, 0.6) is 0 Å². The van der Waals surface area contributed by atoms with Crippen molar-refractivity contribution in [3.63, 3.8) is 0 Å². The summed E-state index contributed by atoms with van der Waals surface area (Å²) >= 11 is 1.13. The highest BCUT2D eigenvalue weighted by Gasteiger charge is 2.38. The fraction of sp³-hybridized carbons (Fsp3) is 0.667. The van der Waals surface area contributed by atoms with Crippen molar-refractivity contribution in [1.82, 2.24) is 4.90 Å². The molecule has 2 unspecified atom stereocenters. The van der Waals surface area contributed by atoms with Crippen LogP contribution in [0.2, 0.25) is 0 Å². The van der Waals surface area contributed by atoms with Crippen molar-refractivity contribution in [2.75, 3.05) is 12.3 Å². The number of hydrogen-bond acceptors (Lipinski definition) is 5. The molecule has 7 heteroatoms. The lowest BCUT2D eigenvalue weighted by Gasteiger charge is -2.12. The summed E-state index contributed by atoms with van der Waals surface area (Å²) in [6.07, 6.45) is 0.143. The number of imide groups is 1. The van der Waals surface area contributed by atoms with E-state index < -0.39 is 17.3 Å². The Hall–Kier alpha value is -1.08. The van der Waals surface area contributed by atoms with Gasteiger partial charge in [0.15, 0.2) is 0 Å². The van der Waals surface area contributed by atoms with Crippen LogP contribution in [-0.2, 0) is 14.4 Å². The van der Waals surface area contributed by atoms with Crippen LogP contribution in [-0.4, -0.2) is 51.4 Å². The molecule has 0 radical (unpaired) electrons. The van der Waals surface area contributed by atoms with E-state index in [0.717, 1.165) is 11.8 Å². The van der Waals surface area contributed by atoms with Gasteiger partial charge in [0.05, 0.1) is 5.25 Å². The number of likely N-dealkylation sites (tertiary alicyclic amines) is 1. The third-order valence-electron chi connectivity index (χ3n) is 2.31. The van der Waals surface area contributed by atoms with Crippen molar-refractivity contribution < 1.29 is 19.5 Å². The van der Waals surface area contributed by atoms with Crippen LogP contribution in [0.4, 0.5) is 0 Å². The number of thioether (sulfide) groups is 1. The van der Waals surface area contributed by atoms with Crippen molar-refractivity contribution in [1.29, 1.82) is 0 Å². The quantitative estimate of drug-likeness (QED) is 0.621. The van der Waals surface area contributed by atoms with E-state index in [1.165, 1.54) is 4.90 Å². The minimum absolute atomic E-state index is 0.135. The molecule has 2 amide bonds. The number of amides is 2. The lowest BCUT2D eigenvalue weighted by atomic mass is 10.3. The summed E-state index contributed by atoms with van der Waals surface area (Å²) in [4.78, 5) is 34.6. The molecule has 0 saturated carbocycles. The topological polar surface area (TPSA) is 101 Å². The fourth-order valence-corrected chi connectivity index (χ4v) is 2.52. The summed E-state index contributed by atoms with van der Waals surface area (Å²) < 4.78 is 0. The number of carboxylic acid groups (broad SMARTS) is 1. The Balaban J connectivity index is 2.48. The van der Waals surface area contributed by atoms with Crippen LogP contribution in [0.1, 0.15) is 13.3 Å². The molecule has 0 bridgehead atoms. The van der Waals surface area contributed by atoms with Gasteiger partial charge in [-0.3, -0.25) is 19.3 Å². The number of rotatable bonds is 5. The molecular weight excluding hydrogens is 232 g/mol. The smallest absolute Gasteiger partial charge is 0.321 e. The minimum atomic E-state index is -1.10. The largest absolute Gasteiger partial charge is 0.480 e. The van der Waals surface area contributed by atoms with Gasteiger partial charge in [-0.05, 0) is 6.92 Å². The average molecular weight is 246 g/mol. The zero-order chi connectivity index (χ0) is 12.3. The fourth-order valence-electron chi connectivity index (χ4n) is 1.41. The maximum absolute atomic E-state index is 11.6. The molecule has 1 rings (SSSR count). The van der Waals surface area contributed by atoms with E-state index in [4.69, 9.17) is 10.8 Å². The summed E-state index contributed by atoms with van der Waals surface area (Å²) in [6.45, 7) is 2.09. The van der Waals surface area contributed by atoms with Crippen LogP contribution in [0.3, 0.4) is 0 Å². The van der Waals surface area contributed by atoms with Gasteiger partial charge >= 0.3 is 5.97 Å². The molecule has 1 fully saturated rings. The Morgan fingerprint density at radius 2 is 2.31 bits per heavy atom. The van der Waals surface area contributed by atoms with E-state index in [2.05, 4.69) is 0 Å². The second-order valence-electron chi connectivity index (χ2n) is 3.45. The number of carbonyl (C=O) groups excluding carboxylic acids is 2. The van der Waals surface area contributed by atoms with E-state index >= 15 is 0 Å². The number of carboxylic acids is 1. The summed E-state index contributed by atoms with van der Waals surface area (Å²) in [5, 5.41) is 8.10. The number of hydrogen-bond donors (Lipinski definition) is 2. The number of carbonyl (C=O) groups is 3. The molecular formula is C9H14N2O4S. The molecule has 3 N–H and O–H groups in total. The summed E-state index contributed by atoms with van der Waals surface area (Å²) in [5.74, 6) is -1.41. The summed E-state index contributed by atoms with van der Waals surface area (Å²) in [6, 6.07) is -0.997. The molecule has 0 aliphatic carbocycles. The van der Waals surface area contributed by atoms with Gasteiger partial charge in [-0.1, -0.05) is 0 Å². The first-order chi connectivity index (χ1) is 7.47. The second-order valence-corrected chi connectivity index (χ2v) is 4.68. The zero-order valence-electron chi connectivity index (χ0n) is 8.88. The zero-order valence-corrected chi connectivity index (χ0v) is 9.70. The lowest BCUT2D eigenvalue weighted by molar-refractivity contribution is -0.139. The van der Waals surface area contributed by atoms with Crippen LogP contribution in [0, 0.1) is 0 Å². The molecule has 90 valence electrons. The van der Waals surface area contributed by atoms with Crippen molar-refractivity contribution >= 4 is 29.5 Å². The Morgan fingerprint density at radius 3 is 2.75 bits per heavy atom. The highest BCUT2D eigenvalue weighted by Crippen LogP contribution is 2.25. The van der Waals surface area contributed by atoms with E-state index in [-0.39, 0.29) is 24.0 Å². The molecule has 0 aromatic heterocycles. The highest BCUT2D eigenvalue weighted by atomic mass is 32.2. The van der Waals surface area contributed by atoms with Crippen LogP contribution in [0.25, 0.3) is 0 Å². The maximum atomic E-state index is 11.6. The van der Waals surface area contributed by atoms with Gasteiger partial charge in [-0.25, -0.2) is 0 Å². The standard InChI is InChI=1S/C9H14N2O4S/c1-2-11-7(12)3-6(8(11)13)16-4-5(10)9(14)15/h5-6H,2-4,10H2,1H3,(H,14,15). The van der Waals surface area contributed by atoms with Gasteiger partial charge in [-0.2, -0.15) is 0 Å². The predicted octanol–water partition coefficient (Wildman–Crippen LogP) is -0.721. The minimum Gasteiger partial charge on any atom is -0.480 e. The summed E-state index contributed by atoms with van der Waals surface area (Å²) in [5.41, 5.74) is 5.31. The van der Waals surface area contributed by atoms with Crippen LogP contribution >= 0.6 is 11.8 Å². The SMILES string of the molecule is CCN1C(=O)CC(SCC(N)C(=O)O)C1=O. The van der Waals surface area contributed by atoms with Gasteiger partial charge in [0, 0.05) is 18.7 Å². The molecule has 0 aromatic rings. The Bertz CT molecular complexity index is 321. The van der Waals surface area contributed by atoms with E-state index in [1.54, 1.807) is 6.92 Å². The summed E-state index contributed by atoms with van der Waals surface area (Å²) in [7, 11) is 0. The molecule has 1 saturated heterocycles. The monoisotopic (exact) mass is 246 g/mol. The van der Waals surface area contributed by atoms with Gasteiger partial charge < -0.3 is 10.8 Å². The molecule has 1 aliphatic rings. The first-order valence-corrected chi connectivity index (χ1v) is 5.96. The molecule has 16 heavy (non-hydrogen) atoms. The van der Waals surface area contributed by atoms with Crippen molar-refractivity contribution in [3.05, 3.63) is 0 Å². The maximum Gasteiger partial charge on any atom is 0.321 e. The number of nitrogens with two attached hydrogens (primary N) is 1. The molecule has 0 spiro atoms. The van der Waals surface area contributed by atoms with Crippen LogP contribution < -0.4 is 5.73 Å². The highest BCUT2D eigenvalue weighted by molar-refractivity contribution is 8.00. The second kappa shape index (κ2) is 5.31. The molecule has 6 nitrogen and oxygen atoms in total. The molecule has 1 aliphatic heterocycles. The van der Waals surface area contributed by atoms with Gasteiger partial charge in [0.25, 0.3) is 0 Å². The molecule has 0 aromatic carbocycles. The number of aliphatic carboxylic acids is 1. The van der Waals surface area contributed by atoms with Crippen molar-refractivity contribution in [2.45, 2.75) is 24.6 Å². The Morgan fingerprint density at radius 1 is 1.69 bits per heavy atom. The Kier molecular flexibility index (Phi) is 4.31. The Labute approximate surface area is 97.2 Å². The first-order valence-electron chi connectivity index (χ1n) is 4.91. The third kappa shape index (κ3) is 2.73.